The lowest BCUT2D eigenvalue weighted by Gasteiger charge is -2.24. The molecule has 0 fully saturated rings. The van der Waals surface area contributed by atoms with Gasteiger partial charge in [0, 0.05) is 7.11 Å². The number of hydrogen-bond acceptors (Lipinski definition) is 5. The molecule has 0 aromatic rings. The summed E-state index contributed by atoms with van der Waals surface area (Å²) in [7, 11) is 1.65. The maximum atomic E-state index is 9.97. The second kappa shape index (κ2) is 12.3. The van der Waals surface area contributed by atoms with E-state index in [9.17, 15) is 5.11 Å². The van der Waals surface area contributed by atoms with Crippen LogP contribution in [0.2, 0.25) is 0 Å². The maximum absolute atomic E-state index is 9.97. The van der Waals surface area contributed by atoms with Crippen molar-refractivity contribution in [1.82, 2.24) is 0 Å². The molecule has 20 heavy (non-hydrogen) atoms. The summed E-state index contributed by atoms with van der Waals surface area (Å²) in [6, 6.07) is 0. The molecule has 0 aromatic carbocycles. The molecule has 0 amide bonds. The van der Waals surface area contributed by atoms with E-state index < -0.39 is 0 Å². The fourth-order valence-electron chi connectivity index (χ4n) is 2.06. The highest BCUT2D eigenvalue weighted by atomic mass is 16.6. The van der Waals surface area contributed by atoms with Gasteiger partial charge in [-0.3, -0.25) is 0 Å². The minimum atomic E-state index is -0.364. The predicted molar refractivity (Wildman–Crippen MR) is 76.9 cm³/mol. The van der Waals surface area contributed by atoms with Gasteiger partial charge in [0.2, 0.25) is 0 Å². The molecule has 0 saturated carbocycles. The lowest BCUT2D eigenvalue weighted by atomic mass is 10.0. The molecule has 0 heterocycles. The van der Waals surface area contributed by atoms with Gasteiger partial charge in [-0.1, -0.05) is 12.2 Å². The van der Waals surface area contributed by atoms with E-state index in [2.05, 4.69) is 12.2 Å². The van der Waals surface area contributed by atoms with Crippen molar-refractivity contribution in [2.45, 2.75) is 37.9 Å². The zero-order valence-corrected chi connectivity index (χ0v) is 12.5. The summed E-state index contributed by atoms with van der Waals surface area (Å²) in [4.78, 5) is 0. The summed E-state index contributed by atoms with van der Waals surface area (Å²) >= 11 is 0. The molecule has 1 aliphatic carbocycles. The highest BCUT2D eigenvalue weighted by molar-refractivity contribution is 4.88. The molecule has 1 aliphatic rings. The van der Waals surface area contributed by atoms with Gasteiger partial charge in [0.15, 0.2) is 0 Å². The van der Waals surface area contributed by atoms with E-state index in [0.717, 1.165) is 25.7 Å². The minimum absolute atomic E-state index is 0.0681. The third-order valence-corrected chi connectivity index (χ3v) is 3.21. The highest BCUT2D eigenvalue weighted by Crippen LogP contribution is 2.16. The molecule has 1 N–H and O–H groups in total. The van der Waals surface area contributed by atoms with Gasteiger partial charge < -0.3 is 24.1 Å². The normalized spacial score (nSPS) is 25.1. The molecule has 5 heteroatoms. The van der Waals surface area contributed by atoms with Gasteiger partial charge in [0.25, 0.3) is 0 Å². The van der Waals surface area contributed by atoms with Crippen LogP contribution in [-0.4, -0.2) is 64.1 Å². The SMILES string of the molecule is COCCOCCOCCO[C@H]1CC/C=C/CC[C@@H]1O. The van der Waals surface area contributed by atoms with Crippen LogP contribution in [0.5, 0.6) is 0 Å². The van der Waals surface area contributed by atoms with Crippen molar-refractivity contribution in [2.24, 2.45) is 0 Å². The first-order valence-electron chi connectivity index (χ1n) is 7.43. The molecule has 2 atom stereocenters. The first-order valence-corrected chi connectivity index (χ1v) is 7.43. The van der Waals surface area contributed by atoms with Gasteiger partial charge in [0.1, 0.15) is 0 Å². The van der Waals surface area contributed by atoms with Crippen molar-refractivity contribution in [1.29, 1.82) is 0 Å². The van der Waals surface area contributed by atoms with E-state index in [-0.39, 0.29) is 12.2 Å². The predicted octanol–water partition coefficient (Wildman–Crippen LogP) is 1.54. The lowest BCUT2D eigenvalue weighted by molar-refractivity contribution is -0.0659. The smallest absolute Gasteiger partial charge is 0.0838 e. The quantitative estimate of drug-likeness (QED) is 0.488. The molecule has 0 bridgehead atoms. The van der Waals surface area contributed by atoms with Crippen LogP contribution >= 0.6 is 0 Å². The maximum Gasteiger partial charge on any atom is 0.0838 e. The van der Waals surface area contributed by atoms with Crippen LogP contribution in [0, 0.1) is 0 Å². The third kappa shape index (κ3) is 8.66. The van der Waals surface area contributed by atoms with E-state index in [1.165, 1.54) is 0 Å². The van der Waals surface area contributed by atoms with E-state index in [0.29, 0.717) is 39.6 Å². The van der Waals surface area contributed by atoms with Crippen molar-refractivity contribution in [3.8, 4) is 0 Å². The highest BCUT2D eigenvalue weighted by Gasteiger charge is 2.19. The largest absolute Gasteiger partial charge is 0.390 e. The second-order valence-corrected chi connectivity index (χ2v) is 4.82. The number of rotatable bonds is 10. The van der Waals surface area contributed by atoms with Crippen LogP contribution in [0.4, 0.5) is 0 Å². The van der Waals surface area contributed by atoms with Crippen LogP contribution in [0.25, 0.3) is 0 Å². The van der Waals surface area contributed by atoms with Crippen molar-refractivity contribution in [3.63, 3.8) is 0 Å². The Bertz CT molecular complexity index is 244. The summed E-state index contributed by atoms with van der Waals surface area (Å²) in [6.07, 6.45) is 7.40. The Kier molecular flexibility index (Phi) is 10.8. The molecule has 0 radical (unpaired) electrons. The molecule has 0 aromatic heterocycles. The van der Waals surface area contributed by atoms with Gasteiger partial charge in [0.05, 0.1) is 51.8 Å². The van der Waals surface area contributed by atoms with Crippen LogP contribution in [0.15, 0.2) is 12.2 Å². The molecule has 1 rings (SSSR count). The summed E-state index contributed by atoms with van der Waals surface area (Å²) in [5.41, 5.74) is 0. The van der Waals surface area contributed by atoms with E-state index in [1.807, 2.05) is 0 Å². The molecule has 0 spiro atoms. The average Bonchev–Trinajstić information content (AvgIpc) is 2.44. The molecule has 5 nitrogen and oxygen atoms in total. The summed E-state index contributed by atoms with van der Waals surface area (Å²) in [6.45, 7) is 3.38. The van der Waals surface area contributed by atoms with Gasteiger partial charge in [-0.2, -0.15) is 0 Å². The standard InChI is InChI=1S/C15H28O5/c1-17-8-9-18-10-11-19-12-13-20-15-7-5-3-2-4-6-14(15)16/h2-3,14-16H,4-13H2,1H3/b3-2+/t14-,15-/m0/s1. The third-order valence-electron chi connectivity index (χ3n) is 3.21. The number of methoxy groups -OCH3 is 1. The summed E-state index contributed by atoms with van der Waals surface area (Å²) in [5, 5.41) is 9.97. The van der Waals surface area contributed by atoms with E-state index >= 15 is 0 Å². The Morgan fingerprint density at radius 1 is 0.900 bits per heavy atom. The van der Waals surface area contributed by atoms with Gasteiger partial charge in [-0.15, -0.1) is 0 Å². The van der Waals surface area contributed by atoms with Crippen molar-refractivity contribution >= 4 is 0 Å². The Morgan fingerprint density at radius 3 is 2.20 bits per heavy atom. The number of hydrogen-bond donors (Lipinski definition) is 1. The zero-order valence-electron chi connectivity index (χ0n) is 12.5. The Hall–Kier alpha value is -0.460. The van der Waals surface area contributed by atoms with Crippen LogP contribution in [0.3, 0.4) is 0 Å². The lowest BCUT2D eigenvalue weighted by Crippen LogP contribution is -2.30. The summed E-state index contributed by atoms with van der Waals surface area (Å²) in [5.74, 6) is 0. The Morgan fingerprint density at radius 2 is 1.50 bits per heavy atom. The first kappa shape index (κ1) is 17.6. The first-order chi connectivity index (χ1) is 9.84. The molecular weight excluding hydrogens is 260 g/mol. The van der Waals surface area contributed by atoms with Crippen molar-refractivity contribution in [2.75, 3.05) is 46.8 Å². The molecule has 118 valence electrons. The average molecular weight is 288 g/mol. The van der Waals surface area contributed by atoms with Crippen LogP contribution in [0.1, 0.15) is 25.7 Å². The molecule has 0 aliphatic heterocycles. The number of aliphatic hydroxyl groups is 1. The van der Waals surface area contributed by atoms with E-state index in [1.54, 1.807) is 7.11 Å². The van der Waals surface area contributed by atoms with Crippen LogP contribution in [-0.2, 0) is 18.9 Å². The summed E-state index contributed by atoms with van der Waals surface area (Å²) < 4.78 is 21.3. The minimum Gasteiger partial charge on any atom is -0.390 e. The monoisotopic (exact) mass is 288 g/mol. The Balaban J connectivity index is 1.95. The fourth-order valence-corrected chi connectivity index (χ4v) is 2.06. The fraction of sp³-hybridized carbons (Fsp3) is 0.867. The topological polar surface area (TPSA) is 57.2 Å². The number of allylic oxidation sites excluding steroid dienone is 2. The van der Waals surface area contributed by atoms with Gasteiger partial charge in [-0.05, 0) is 25.7 Å². The van der Waals surface area contributed by atoms with Crippen molar-refractivity contribution in [3.05, 3.63) is 12.2 Å². The van der Waals surface area contributed by atoms with Crippen LogP contribution < -0.4 is 0 Å². The molecular formula is C15H28O5. The van der Waals surface area contributed by atoms with Gasteiger partial charge >= 0.3 is 0 Å². The zero-order chi connectivity index (χ0) is 14.5. The van der Waals surface area contributed by atoms with Gasteiger partial charge in [-0.25, -0.2) is 0 Å². The number of ether oxygens (including phenoxy) is 4. The molecule has 0 saturated heterocycles. The molecule has 0 unspecified atom stereocenters. The second-order valence-electron chi connectivity index (χ2n) is 4.82. The Labute approximate surface area is 121 Å². The number of aliphatic hydroxyl groups excluding tert-OH is 1. The van der Waals surface area contributed by atoms with E-state index in [4.69, 9.17) is 18.9 Å². The van der Waals surface area contributed by atoms with Crippen molar-refractivity contribution < 1.29 is 24.1 Å².